The van der Waals surface area contributed by atoms with Crippen LogP contribution in [-0.4, -0.2) is 12.6 Å². The summed E-state index contributed by atoms with van der Waals surface area (Å²) in [7, 11) is 0. The fraction of sp³-hybridized carbons (Fsp3) is 0.947. The monoisotopic (exact) mass is 296 g/mol. The van der Waals surface area contributed by atoms with Gasteiger partial charge in [0.05, 0.1) is 6.61 Å². The summed E-state index contributed by atoms with van der Waals surface area (Å²) in [5, 5.41) is 0. The molecule has 0 amide bonds. The Balaban J connectivity index is 1.81. The van der Waals surface area contributed by atoms with Crippen LogP contribution in [0, 0.1) is 11.8 Å². The van der Waals surface area contributed by atoms with Gasteiger partial charge in [-0.1, -0.05) is 71.1 Å². The number of carbonyl (C=O) groups is 1. The molecule has 0 bridgehead atoms. The molecular formula is C19H36O2. The SMILES string of the molecule is CCCCCCCCCC1CC1CCCCC(=O)OCC. The summed E-state index contributed by atoms with van der Waals surface area (Å²) in [6.45, 7) is 4.67. The van der Waals surface area contributed by atoms with Crippen LogP contribution in [0.15, 0.2) is 0 Å². The number of esters is 1. The van der Waals surface area contributed by atoms with E-state index in [4.69, 9.17) is 4.74 Å². The standard InChI is InChI=1S/C19H36O2/c1-3-5-6-7-8-9-10-13-17-16-18(17)14-11-12-15-19(20)21-4-2/h17-18H,3-16H2,1-2H3. The van der Waals surface area contributed by atoms with E-state index >= 15 is 0 Å². The second-order valence-corrected chi connectivity index (χ2v) is 6.72. The third-order valence-electron chi connectivity index (χ3n) is 4.76. The van der Waals surface area contributed by atoms with Crippen molar-refractivity contribution in [1.82, 2.24) is 0 Å². The van der Waals surface area contributed by atoms with Gasteiger partial charge in [0.1, 0.15) is 0 Å². The van der Waals surface area contributed by atoms with Gasteiger partial charge in [-0.05, 0) is 31.6 Å². The van der Waals surface area contributed by atoms with Crippen molar-refractivity contribution in [2.24, 2.45) is 11.8 Å². The van der Waals surface area contributed by atoms with Crippen LogP contribution in [0.4, 0.5) is 0 Å². The Morgan fingerprint density at radius 3 is 2.05 bits per heavy atom. The van der Waals surface area contributed by atoms with Crippen LogP contribution in [0.5, 0.6) is 0 Å². The molecule has 0 N–H and O–H groups in total. The second kappa shape index (κ2) is 12.1. The van der Waals surface area contributed by atoms with E-state index in [1.54, 1.807) is 0 Å². The van der Waals surface area contributed by atoms with Crippen molar-refractivity contribution in [3.63, 3.8) is 0 Å². The van der Waals surface area contributed by atoms with Gasteiger partial charge in [0.25, 0.3) is 0 Å². The van der Waals surface area contributed by atoms with Crippen LogP contribution in [0.1, 0.15) is 97.3 Å². The quantitative estimate of drug-likeness (QED) is 0.295. The molecule has 2 unspecified atom stereocenters. The maximum absolute atomic E-state index is 11.2. The molecule has 0 aliphatic heterocycles. The predicted octanol–water partition coefficient (Wildman–Crippen LogP) is 5.89. The maximum atomic E-state index is 11.2. The molecule has 1 aliphatic carbocycles. The van der Waals surface area contributed by atoms with Crippen LogP contribution < -0.4 is 0 Å². The molecule has 2 atom stereocenters. The minimum Gasteiger partial charge on any atom is -0.466 e. The van der Waals surface area contributed by atoms with Crippen LogP contribution >= 0.6 is 0 Å². The molecule has 0 aromatic heterocycles. The van der Waals surface area contributed by atoms with Crippen molar-refractivity contribution in [2.45, 2.75) is 97.3 Å². The van der Waals surface area contributed by atoms with E-state index in [1.807, 2.05) is 6.92 Å². The van der Waals surface area contributed by atoms with Crippen molar-refractivity contribution < 1.29 is 9.53 Å². The topological polar surface area (TPSA) is 26.3 Å². The van der Waals surface area contributed by atoms with Gasteiger partial charge in [-0.2, -0.15) is 0 Å². The Morgan fingerprint density at radius 2 is 1.43 bits per heavy atom. The van der Waals surface area contributed by atoms with Crippen molar-refractivity contribution in [3.8, 4) is 0 Å². The zero-order valence-electron chi connectivity index (χ0n) is 14.4. The highest BCUT2D eigenvalue weighted by Crippen LogP contribution is 2.45. The molecule has 1 rings (SSSR count). The van der Waals surface area contributed by atoms with Gasteiger partial charge < -0.3 is 4.74 Å². The van der Waals surface area contributed by atoms with Gasteiger partial charge in [-0.25, -0.2) is 0 Å². The van der Waals surface area contributed by atoms with E-state index in [0.717, 1.165) is 18.3 Å². The smallest absolute Gasteiger partial charge is 0.305 e. The Kier molecular flexibility index (Phi) is 10.6. The summed E-state index contributed by atoms with van der Waals surface area (Å²) in [5.74, 6) is 1.98. The van der Waals surface area contributed by atoms with Crippen LogP contribution in [0.2, 0.25) is 0 Å². The predicted molar refractivity (Wildman–Crippen MR) is 89.3 cm³/mol. The zero-order chi connectivity index (χ0) is 15.3. The largest absolute Gasteiger partial charge is 0.466 e. The lowest BCUT2D eigenvalue weighted by Gasteiger charge is -2.03. The summed E-state index contributed by atoms with van der Waals surface area (Å²) in [6, 6.07) is 0. The zero-order valence-corrected chi connectivity index (χ0v) is 14.4. The average molecular weight is 296 g/mol. The molecule has 1 aliphatic rings. The minimum atomic E-state index is -0.0204. The lowest BCUT2D eigenvalue weighted by atomic mass is 10.0. The van der Waals surface area contributed by atoms with E-state index in [9.17, 15) is 4.79 Å². The van der Waals surface area contributed by atoms with Gasteiger partial charge in [-0.15, -0.1) is 0 Å². The average Bonchev–Trinajstić information content (AvgIpc) is 3.21. The van der Waals surface area contributed by atoms with Crippen LogP contribution in [0.25, 0.3) is 0 Å². The van der Waals surface area contributed by atoms with Gasteiger partial charge in [-0.3, -0.25) is 4.79 Å². The van der Waals surface area contributed by atoms with Crippen molar-refractivity contribution in [3.05, 3.63) is 0 Å². The number of unbranched alkanes of at least 4 members (excludes halogenated alkanes) is 7. The number of ether oxygens (including phenoxy) is 1. The Bertz CT molecular complexity index is 262. The molecule has 0 radical (unpaired) electrons. The highest BCUT2D eigenvalue weighted by molar-refractivity contribution is 5.69. The molecule has 0 heterocycles. The molecule has 0 spiro atoms. The highest BCUT2D eigenvalue weighted by atomic mass is 16.5. The molecule has 0 saturated heterocycles. The van der Waals surface area contributed by atoms with E-state index in [2.05, 4.69) is 6.92 Å². The summed E-state index contributed by atoms with van der Waals surface area (Å²) in [6.07, 6.45) is 17.0. The molecule has 0 aromatic carbocycles. The minimum absolute atomic E-state index is 0.0204. The highest BCUT2D eigenvalue weighted by Gasteiger charge is 2.35. The molecule has 124 valence electrons. The van der Waals surface area contributed by atoms with Crippen molar-refractivity contribution in [1.29, 1.82) is 0 Å². The number of carbonyl (C=O) groups excluding carboxylic acids is 1. The number of rotatable bonds is 14. The normalized spacial score (nSPS) is 20.5. The summed E-state index contributed by atoms with van der Waals surface area (Å²) < 4.78 is 4.95. The van der Waals surface area contributed by atoms with E-state index < -0.39 is 0 Å². The number of hydrogen-bond acceptors (Lipinski definition) is 2. The fourth-order valence-corrected chi connectivity index (χ4v) is 3.29. The first-order chi connectivity index (χ1) is 10.3. The summed E-state index contributed by atoms with van der Waals surface area (Å²) >= 11 is 0. The molecule has 1 saturated carbocycles. The first-order valence-electron chi connectivity index (χ1n) is 9.43. The van der Waals surface area contributed by atoms with Gasteiger partial charge >= 0.3 is 5.97 Å². The van der Waals surface area contributed by atoms with Crippen LogP contribution in [-0.2, 0) is 9.53 Å². The molecule has 0 aromatic rings. The van der Waals surface area contributed by atoms with E-state index in [1.165, 1.54) is 70.6 Å². The van der Waals surface area contributed by atoms with Crippen LogP contribution in [0.3, 0.4) is 0 Å². The van der Waals surface area contributed by atoms with Gasteiger partial charge in [0.15, 0.2) is 0 Å². The maximum Gasteiger partial charge on any atom is 0.305 e. The van der Waals surface area contributed by atoms with Crippen molar-refractivity contribution >= 4 is 5.97 Å². The van der Waals surface area contributed by atoms with E-state index in [-0.39, 0.29) is 5.97 Å². The molecule has 2 heteroatoms. The first-order valence-corrected chi connectivity index (χ1v) is 9.43. The molecule has 2 nitrogen and oxygen atoms in total. The Morgan fingerprint density at radius 1 is 0.857 bits per heavy atom. The molecule has 21 heavy (non-hydrogen) atoms. The lowest BCUT2D eigenvalue weighted by Crippen LogP contribution is -2.03. The fourth-order valence-electron chi connectivity index (χ4n) is 3.29. The second-order valence-electron chi connectivity index (χ2n) is 6.72. The third-order valence-corrected chi connectivity index (χ3v) is 4.76. The summed E-state index contributed by atoms with van der Waals surface area (Å²) in [5.41, 5.74) is 0. The van der Waals surface area contributed by atoms with Crippen molar-refractivity contribution in [2.75, 3.05) is 6.61 Å². The lowest BCUT2D eigenvalue weighted by molar-refractivity contribution is -0.143. The third kappa shape index (κ3) is 9.92. The Labute approximate surface area is 132 Å². The number of hydrogen-bond donors (Lipinski definition) is 0. The van der Waals surface area contributed by atoms with Gasteiger partial charge in [0, 0.05) is 6.42 Å². The molecular weight excluding hydrogens is 260 g/mol. The molecule has 1 fully saturated rings. The first kappa shape index (κ1) is 18.5. The Hall–Kier alpha value is -0.530. The van der Waals surface area contributed by atoms with Gasteiger partial charge in [0.2, 0.25) is 0 Å². The van der Waals surface area contributed by atoms with E-state index in [0.29, 0.717) is 13.0 Å². The summed E-state index contributed by atoms with van der Waals surface area (Å²) in [4.78, 5) is 11.2.